The van der Waals surface area contributed by atoms with Crippen LogP contribution in [0, 0.1) is 0 Å². The van der Waals surface area contributed by atoms with E-state index in [1.165, 1.54) is 27.1 Å². The van der Waals surface area contributed by atoms with Crippen molar-refractivity contribution in [2.75, 3.05) is 0 Å². The van der Waals surface area contributed by atoms with Gasteiger partial charge in [0.05, 0.1) is 6.54 Å². The first kappa shape index (κ1) is 33.5. The van der Waals surface area contributed by atoms with E-state index in [4.69, 9.17) is 14.7 Å². The number of hydrogen-bond donors (Lipinski definition) is 0. The highest BCUT2D eigenvalue weighted by Crippen LogP contribution is 2.36. The molecule has 0 spiro atoms. The van der Waals surface area contributed by atoms with Gasteiger partial charge < -0.3 is 4.74 Å². The summed E-state index contributed by atoms with van der Waals surface area (Å²) in [6.45, 7) is 6.51. The first-order valence-corrected chi connectivity index (χ1v) is 18.0. The fourth-order valence-corrected chi connectivity index (χ4v) is 7.03. The summed E-state index contributed by atoms with van der Waals surface area (Å²) in [5.41, 5.74) is 8.59. The molecule has 8 rings (SSSR count). The molecule has 7 aromatic carbocycles. The first-order valence-electron chi connectivity index (χ1n) is 18.0. The molecule has 256 valence electrons. The van der Waals surface area contributed by atoms with Crippen LogP contribution >= 0.6 is 0 Å². The average Bonchev–Trinajstić information content (AvgIpc) is 3.23. The Morgan fingerprint density at radius 3 is 1.98 bits per heavy atom. The number of nitrogens with zero attached hydrogens (tertiary/aromatic N) is 3. The van der Waals surface area contributed by atoms with Crippen molar-refractivity contribution in [2.45, 2.75) is 26.3 Å². The average molecular weight is 686 g/mol. The van der Waals surface area contributed by atoms with Gasteiger partial charge in [0.2, 0.25) is 0 Å². The number of aliphatic imine (C=N–C) groups is 3. The van der Waals surface area contributed by atoms with Crippen molar-refractivity contribution in [3.8, 4) is 28.0 Å². The van der Waals surface area contributed by atoms with E-state index in [1.54, 1.807) is 0 Å². The lowest BCUT2D eigenvalue weighted by atomic mass is 9.93. The first-order chi connectivity index (χ1) is 26.1. The fraction of sp³-hybridized carbons (Fsp3) is 0.0816. The third-order valence-corrected chi connectivity index (χ3v) is 9.82. The zero-order chi connectivity index (χ0) is 36.0. The number of amidine groups is 2. The van der Waals surface area contributed by atoms with Gasteiger partial charge in [-0.1, -0.05) is 152 Å². The molecule has 0 radical (unpaired) electrons. The minimum atomic E-state index is 0.498. The van der Waals surface area contributed by atoms with Crippen LogP contribution in [0.4, 0.5) is 0 Å². The van der Waals surface area contributed by atoms with E-state index < -0.39 is 0 Å². The van der Waals surface area contributed by atoms with E-state index in [0.717, 1.165) is 63.3 Å². The van der Waals surface area contributed by atoms with Crippen LogP contribution in [0.25, 0.3) is 43.8 Å². The van der Waals surface area contributed by atoms with Crippen molar-refractivity contribution in [3.63, 3.8) is 0 Å². The van der Waals surface area contributed by atoms with Crippen molar-refractivity contribution in [3.05, 3.63) is 198 Å². The van der Waals surface area contributed by atoms with Crippen LogP contribution in [0.1, 0.15) is 30.9 Å². The molecular formula is C49H39N3O. The minimum Gasteiger partial charge on any atom is -0.461 e. The van der Waals surface area contributed by atoms with Crippen LogP contribution in [0.15, 0.2) is 202 Å². The van der Waals surface area contributed by atoms with Crippen molar-refractivity contribution >= 4 is 39.9 Å². The van der Waals surface area contributed by atoms with Crippen molar-refractivity contribution in [1.82, 2.24) is 0 Å². The van der Waals surface area contributed by atoms with Crippen molar-refractivity contribution in [2.24, 2.45) is 15.0 Å². The zero-order valence-corrected chi connectivity index (χ0v) is 29.7. The summed E-state index contributed by atoms with van der Waals surface area (Å²) in [6, 6.07) is 56.9. The Kier molecular flexibility index (Phi) is 9.67. The molecule has 0 heterocycles. The van der Waals surface area contributed by atoms with E-state index in [2.05, 4.69) is 164 Å². The van der Waals surface area contributed by atoms with Crippen LogP contribution in [-0.2, 0) is 6.54 Å². The molecule has 0 atom stereocenters. The number of ether oxygens (including phenoxy) is 1. The van der Waals surface area contributed by atoms with Gasteiger partial charge in [-0.2, -0.15) is 0 Å². The summed E-state index contributed by atoms with van der Waals surface area (Å²) in [6.07, 6.45) is 3.77. The summed E-state index contributed by atoms with van der Waals surface area (Å²) >= 11 is 0. The monoisotopic (exact) mass is 685 g/mol. The normalized spacial score (nSPS) is 13.6. The molecule has 0 amide bonds. The highest BCUT2D eigenvalue weighted by Gasteiger charge is 2.20. The topological polar surface area (TPSA) is 46.3 Å². The highest BCUT2D eigenvalue weighted by molar-refractivity contribution is 6.15. The van der Waals surface area contributed by atoms with Crippen molar-refractivity contribution < 1.29 is 4.74 Å². The Balaban J connectivity index is 1.08. The largest absolute Gasteiger partial charge is 0.461 e. The molecule has 1 aliphatic rings. The summed E-state index contributed by atoms with van der Waals surface area (Å²) in [5, 5.41) is 4.99. The molecule has 7 aromatic rings. The van der Waals surface area contributed by atoms with Crippen LogP contribution in [-0.4, -0.2) is 18.4 Å². The number of rotatable bonds is 8. The highest BCUT2D eigenvalue weighted by atomic mass is 16.5. The van der Waals surface area contributed by atoms with Gasteiger partial charge in [-0.15, -0.1) is 0 Å². The molecule has 4 heteroatoms. The lowest BCUT2D eigenvalue weighted by molar-refractivity contribution is 0.396. The Labute approximate surface area is 310 Å². The molecule has 0 saturated carbocycles. The van der Waals surface area contributed by atoms with Crippen LogP contribution in [0.3, 0.4) is 0 Å². The zero-order valence-electron chi connectivity index (χ0n) is 29.7. The predicted octanol–water partition coefficient (Wildman–Crippen LogP) is 12.4. The second-order valence-corrected chi connectivity index (χ2v) is 13.2. The minimum absolute atomic E-state index is 0.498. The Bertz CT molecular complexity index is 2540. The Morgan fingerprint density at radius 2 is 1.25 bits per heavy atom. The van der Waals surface area contributed by atoms with Crippen LogP contribution in [0.5, 0.6) is 5.75 Å². The molecule has 0 fully saturated rings. The lowest BCUT2D eigenvalue weighted by Crippen LogP contribution is -2.13. The van der Waals surface area contributed by atoms with Gasteiger partial charge in [-0.3, -0.25) is 4.99 Å². The SMILES string of the molecule is C=NC(=NC(=NCc1ccccc1)c1ccc(-c2ccccc2)cc1)C1=CCCC(Oc2ccc(-c3cc4ccccc4c4ccccc34)cc2)=C1C. The quantitative estimate of drug-likeness (QED) is 0.0892. The summed E-state index contributed by atoms with van der Waals surface area (Å²) in [7, 11) is 0. The smallest absolute Gasteiger partial charge is 0.161 e. The molecule has 0 aromatic heterocycles. The van der Waals surface area contributed by atoms with E-state index in [1.807, 2.05) is 24.3 Å². The third kappa shape index (κ3) is 7.26. The second-order valence-electron chi connectivity index (χ2n) is 13.2. The molecule has 0 saturated heterocycles. The van der Waals surface area contributed by atoms with Gasteiger partial charge in [-0.05, 0) is 93.2 Å². The van der Waals surface area contributed by atoms with Gasteiger partial charge in [0.1, 0.15) is 11.5 Å². The van der Waals surface area contributed by atoms with Gasteiger partial charge in [0, 0.05) is 17.6 Å². The van der Waals surface area contributed by atoms with Gasteiger partial charge >= 0.3 is 0 Å². The van der Waals surface area contributed by atoms with E-state index in [0.29, 0.717) is 18.2 Å². The maximum absolute atomic E-state index is 6.58. The lowest BCUT2D eigenvalue weighted by Gasteiger charge is -2.20. The molecule has 4 nitrogen and oxygen atoms in total. The molecule has 0 unspecified atom stereocenters. The second kappa shape index (κ2) is 15.3. The molecule has 1 aliphatic carbocycles. The molecule has 0 N–H and O–H groups in total. The van der Waals surface area contributed by atoms with E-state index in [-0.39, 0.29) is 0 Å². The third-order valence-electron chi connectivity index (χ3n) is 9.82. The molecular weight excluding hydrogens is 647 g/mol. The molecule has 0 aliphatic heterocycles. The summed E-state index contributed by atoms with van der Waals surface area (Å²) in [5.74, 6) is 2.83. The molecule has 0 bridgehead atoms. The van der Waals surface area contributed by atoms with Gasteiger partial charge in [0.15, 0.2) is 11.7 Å². The number of hydrogen-bond acceptors (Lipinski definition) is 2. The predicted molar refractivity (Wildman–Crippen MR) is 223 cm³/mol. The van der Waals surface area contributed by atoms with Crippen LogP contribution in [0.2, 0.25) is 0 Å². The Morgan fingerprint density at radius 1 is 0.623 bits per heavy atom. The van der Waals surface area contributed by atoms with Gasteiger partial charge in [0.25, 0.3) is 0 Å². The van der Waals surface area contributed by atoms with Gasteiger partial charge in [-0.25, -0.2) is 9.98 Å². The number of allylic oxidation sites excluding steroid dienone is 2. The fourth-order valence-electron chi connectivity index (χ4n) is 7.03. The maximum atomic E-state index is 6.58. The number of benzene rings is 7. The van der Waals surface area contributed by atoms with Crippen molar-refractivity contribution in [1.29, 1.82) is 0 Å². The number of fused-ring (bicyclic) bond motifs is 3. The van der Waals surface area contributed by atoms with E-state index >= 15 is 0 Å². The molecule has 53 heavy (non-hydrogen) atoms. The van der Waals surface area contributed by atoms with Crippen LogP contribution < -0.4 is 4.74 Å². The van der Waals surface area contributed by atoms with E-state index in [9.17, 15) is 0 Å². The maximum Gasteiger partial charge on any atom is 0.161 e. The Hall–Kier alpha value is -6.65. The summed E-state index contributed by atoms with van der Waals surface area (Å²) < 4.78 is 6.58. The standard InChI is InChI=1S/C49H39N3O/c1-34-42(49(50-2)52-48(51-33-35-14-5-3-6-15-35)39-26-24-37(25-27-39)36-16-7-4-8-17-36)22-13-23-47(34)53-41-30-28-38(29-31-41)46-32-40-18-9-10-19-43(40)44-20-11-12-21-45(44)46/h3-12,14-22,24-32H,2,13,23,33H2,1H3. The summed E-state index contributed by atoms with van der Waals surface area (Å²) in [4.78, 5) is 14.5.